The Hall–Kier alpha value is -4.21. The number of ether oxygens (including phenoxy) is 2. The van der Waals surface area contributed by atoms with Crippen LogP contribution in [0.4, 0.5) is 10.1 Å². The highest BCUT2D eigenvalue weighted by Gasteiger charge is 2.32. The Labute approximate surface area is 224 Å². The lowest BCUT2D eigenvalue weighted by Crippen LogP contribution is -2.40. The second-order valence-electron chi connectivity index (χ2n) is 8.68. The lowest BCUT2D eigenvalue weighted by Gasteiger charge is -2.25. The summed E-state index contributed by atoms with van der Waals surface area (Å²) in [4.78, 5) is 32.4. The Bertz CT molecular complexity index is 1800. The Morgan fingerprint density at radius 1 is 1.13 bits per heavy atom. The van der Waals surface area contributed by atoms with Crippen LogP contribution in [-0.2, 0) is 4.79 Å². The number of rotatable bonds is 4. The third-order valence-corrected chi connectivity index (χ3v) is 7.57. The smallest absolute Gasteiger partial charge is 0.271 e. The maximum Gasteiger partial charge on any atom is 0.271 e. The number of aromatic nitrogens is 1. The van der Waals surface area contributed by atoms with E-state index in [4.69, 9.17) is 21.1 Å². The normalized spacial score (nSPS) is 16.3. The standard InChI is InChI=1S/C28H19ClFN3O4S/c1-15-24(26(34)32-19-5-3-2-4-6-19)25(16-7-9-18(30)10-8-16)33-27(35)23(38-28(33)31-15)12-17-11-21-22(13-20(17)29)37-14-36-21/h2-13,25H,14H2,1H3,(H,32,34)/b23-12+. The van der Waals surface area contributed by atoms with Crippen molar-refractivity contribution in [2.45, 2.75) is 13.0 Å². The van der Waals surface area contributed by atoms with Crippen LogP contribution in [0.15, 0.2) is 87.8 Å². The summed E-state index contributed by atoms with van der Waals surface area (Å²) >= 11 is 7.63. The fourth-order valence-corrected chi connectivity index (χ4v) is 5.72. The van der Waals surface area contributed by atoms with Gasteiger partial charge < -0.3 is 14.8 Å². The van der Waals surface area contributed by atoms with Crippen LogP contribution < -0.4 is 29.7 Å². The number of halogens is 2. The molecule has 0 saturated carbocycles. The Morgan fingerprint density at radius 2 is 1.84 bits per heavy atom. The first-order valence-electron chi connectivity index (χ1n) is 11.6. The molecule has 38 heavy (non-hydrogen) atoms. The maximum absolute atomic E-state index is 13.8. The van der Waals surface area contributed by atoms with E-state index in [9.17, 15) is 14.0 Å². The molecule has 0 bridgehead atoms. The first-order chi connectivity index (χ1) is 18.4. The second kappa shape index (κ2) is 9.59. The topological polar surface area (TPSA) is 81.9 Å². The van der Waals surface area contributed by atoms with Crippen molar-refractivity contribution < 1.29 is 18.7 Å². The fourth-order valence-electron chi connectivity index (χ4n) is 4.48. The molecule has 3 aromatic carbocycles. The molecule has 1 aromatic heterocycles. The minimum absolute atomic E-state index is 0.0993. The zero-order valence-corrected chi connectivity index (χ0v) is 21.5. The van der Waals surface area contributed by atoms with Gasteiger partial charge in [0.25, 0.3) is 11.5 Å². The Morgan fingerprint density at radius 3 is 2.58 bits per heavy atom. The molecule has 0 saturated heterocycles. The summed E-state index contributed by atoms with van der Waals surface area (Å²) in [6, 6.07) is 17.3. The Balaban J connectivity index is 1.50. The number of benzene rings is 3. The molecule has 2 aliphatic rings. The first kappa shape index (κ1) is 24.1. The van der Waals surface area contributed by atoms with E-state index in [0.29, 0.717) is 53.9 Å². The number of allylic oxidation sites excluding steroid dienone is 1. The molecule has 190 valence electrons. The van der Waals surface area contributed by atoms with Gasteiger partial charge in [-0.25, -0.2) is 9.38 Å². The molecule has 7 nitrogen and oxygen atoms in total. The van der Waals surface area contributed by atoms with E-state index in [1.165, 1.54) is 28.0 Å². The van der Waals surface area contributed by atoms with Crippen LogP contribution in [0.1, 0.15) is 24.1 Å². The summed E-state index contributed by atoms with van der Waals surface area (Å²) in [6.45, 7) is 1.82. The van der Waals surface area contributed by atoms with E-state index in [2.05, 4.69) is 10.3 Å². The van der Waals surface area contributed by atoms with Crippen LogP contribution in [0.2, 0.25) is 5.02 Å². The van der Waals surface area contributed by atoms with E-state index in [1.807, 2.05) is 18.2 Å². The summed E-state index contributed by atoms with van der Waals surface area (Å²) in [7, 11) is 0. The average molecular weight is 548 g/mol. The zero-order chi connectivity index (χ0) is 26.4. The van der Waals surface area contributed by atoms with Crippen molar-refractivity contribution in [3.8, 4) is 11.5 Å². The number of anilines is 1. The van der Waals surface area contributed by atoms with Crippen molar-refractivity contribution in [1.29, 1.82) is 0 Å². The quantitative estimate of drug-likeness (QED) is 0.411. The average Bonchev–Trinajstić information content (AvgIpc) is 3.47. The van der Waals surface area contributed by atoms with E-state index in [1.54, 1.807) is 49.4 Å². The van der Waals surface area contributed by atoms with Crippen molar-refractivity contribution in [2.75, 3.05) is 12.1 Å². The molecule has 1 atom stereocenters. The van der Waals surface area contributed by atoms with Gasteiger partial charge in [0.1, 0.15) is 5.82 Å². The van der Waals surface area contributed by atoms with Gasteiger partial charge >= 0.3 is 0 Å². The molecule has 0 fully saturated rings. The fraction of sp³-hybridized carbons (Fsp3) is 0.107. The van der Waals surface area contributed by atoms with Crippen molar-refractivity contribution in [2.24, 2.45) is 4.99 Å². The molecule has 6 rings (SSSR count). The minimum Gasteiger partial charge on any atom is -0.454 e. The summed E-state index contributed by atoms with van der Waals surface area (Å²) in [5, 5.41) is 3.29. The molecule has 10 heteroatoms. The van der Waals surface area contributed by atoms with E-state index in [-0.39, 0.29) is 12.4 Å². The number of carbonyl (C=O) groups is 1. The second-order valence-corrected chi connectivity index (χ2v) is 10.1. The summed E-state index contributed by atoms with van der Waals surface area (Å²) in [5.41, 5.74) is 2.16. The number of fused-ring (bicyclic) bond motifs is 2. The third kappa shape index (κ3) is 4.29. The predicted molar refractivity (Wildman–Crippen MR) is 143 cm³/mol. The molecule has 0 aliphatic carbocycles. The first-order valence-corrected chi connectivity index (χ1v) is 12.8. The zero-order valence-electron chi connectivity index (χ0n) is 19.9. The molecule has 4 aromatic rings. The van der Waals surface area contributed by atoms with Crippen molar-refractivity contribution >= 4 is 40.6 Å². The monoisotopic (exact) mass is 547 g/mol. The molecule has 1 N–H and O–H groups in total. The van der Waals surface area contributed by atoms with Gasteiger partial charge in [0.2, 0.25) is 6.79 Å². The molecule has 0 spiro atoms. The van der Waals surface area contributed by atoms with Gasteiger partial charge in [-0.2, -0.15) is 0 Å². The van der Waals surface area contributed by atoms with E-state index < -0.39 is 17.8 Å². The van der Waals surface area contributed by atoms with Gasteiger partial charge in [-0.3, -0.25) is 14.2 Å². The van der Waals surface area contributed by atoms with Gasteiger partial charge in [0.05, 0.1) is 26.9 Å². The summed E-state index contributed by atoms with van der Waals surface area (Å²) < 4.78 is 26.5. The molecule has 1 unspecified atom stereocenters. The van der Waals surface area contributed by atoms with Crippen LogP contribution >= 0.6 is 22.9 Å². The molecular weight excluding hydrogens is 529 g/mol. The maximum atomic E-state index is 13.8. The van der Waals surface area contributed by atoms with Crippen molar-refractivity contribution in [3.05, 3.63) is 120 Å². The highest BCUT2D eigenvalue weighted by molar-refractivity contribution is 7.07. The van der Waals surface area contributed by atoms with Gasteiger partial charge in [0, 0.05) is 11.8 Å². The summed E-state index contributed by atoms with van der Waals surface area (Å²) in [5.74, 6) is 0.248. The number of thiazole rings is 1. The van der Waals surface area contributed by atoms with E-state index in [0.717, 1.165) is 0 Å². The predicted octanol–water partition coefficient (Wildman–Crippen LogP) is 4.40. The highest BCUT2D eigenvalue weighted by atomic mass is 35.5. The summed E-state index contributed by atoms with van der Waals surface area (Å²) in [6.07, 6.45) is 1.67. The molecule has 3 heterocycles. The van der Waals surface area contributed by atoms with Crippen LogP contribution in [0.25, 0.3) is 6.08 Å². The highest BCUT2D eigenvalue weighted by Crippen LogP contribution is 2.37. The van der Waals surface area contributed by atoms with E-state index >= 15 is 0 Å². The largest absolute Gasteiger partial charge is 0.454 e. The Kier molecular flexibility index (Phi) is 6.09. The third-order valence-electron chi connectivity index (χ3n) is 6.26. The number of amides is 1. The SMILES string of the molecule is CC1=C(C(=O)Nc2ccccc2)C(c2ccc(F)cc2)n2c(s/c(=C/c3cc4c(cc3Cl)OCO4)c2=O)=N1. The van der Waals surface area contributed by atoms with Gasteiger partial charge in [0.15, 0.2) is 16.3 Å². The van der Waals surface area contributed by atoms with Crippen molar-refractivity contribution in [1.82, 2.24) is 4.57 Å². The lowest BCUT2D eigenvalue weighted by atomic mass is 9.95. The molecule has 2 aliphatic heterocycles. The number of nitrogens with zero attached hydrogens (tertiary/aromatic N) is 2. The van der Waals surface area contributed by atoms with Gasteiger partial charge in [-0.05, 0) is 54.5 Å². The lowest BCUT2D eigenvalue weighted by molar-refractivity contribution is -0.113. The van der Waals surface area contributed by atoms with Crippen LogP contribution in [0, 0.1) is 5.82 Å². The molecular formula is C28H19ClFN3O4S. The van der Waals surface area contributed by atoms with Crippen LogP contribution in [0.3, 0.4) is 0 Å². The molecule has 1 amide bonds. The molecule has 0 radical (unpaired) electrons. The number of para-hydroxylation sites is 1. The number of carbonyl (C=O) groups excluding carboxylic acids is 1. The van der Waals surface area contributed by atoms with Gasteiger partial charge in [-0.1, -0.05) is 53.3 Å². The van der Waals surface area contributed by atoms with Crippen LogP contribution in [0.5, 0.6) is 11.5 Å². The van der Waals surface area contributed by atoms with Crippen molar-refractivity contribution in [3.63, 3.8) is 0 Å². The number of nitrogens with one attached hydrogen (secondary N) is 1. The number of hydrogen-bond acceptors (Lipinski definition) is 6. The van der Waals surface area contributed by atoms with Gasteiger partial charge in [-0.15, -0.1) is 0 Å². The number of hydrogen-bond donors (Lipinski definition) is 1. The van der Waals surface area contributed by atoms with Crippen LogP contribution in [-0.4, -0.2) is 17.3 Å². The minimum atomic E-state index is -0.815.